The van der Waals surface area contributed by atoms with Gasteiger partial charge in [0.1, 0.15) is 19.8 Å². The maximum Gasteiger partial charge on any atom is 0.407 e. The Kier molecular flexibility index (Phi) is 5.25. The molecular formula is C18H18BrNO4. The fraction of sp³-hybridized carbons (Fsp3) is 0.278. The van der Waals surface area contributed by atoms with Gasteiger partial charge in [-0.25, -0.2) is 4.79 Å². The van der Waals surface area contributed by atoms with Gasteiger partial charge in [0.05, 0.1) is 6.04 Å². The molecule has 2 aromatic carbocycles. The van der Waals surface area contributed by atoms with Gasteiger partial charge in [-0.1, -0.05) is 46.3 Å². The molecule has 3 rings (SSSR count). The molecule has 0 spiro atoms. The van der Waals surface area contributed by atoms with E-state index in [1.165, 1.54) is 0 Å². The van der Waals surface area contributed by atoms with E-state index in [0.717, 1.165) is 15.6 Å². The fourth-order valence-electron chi connectivity index (χ4n) is 2.43. The van der Waals surface area contributed by atoms with Crippen LogP contribution in [0.5, 0.6) is 11.5 Å². The van der Waals surface area contributed by atoms with E-state index in [-0.39, 0.29) is 12.6 Å². The van der Waals surface area contributed by atoms with Gasteiger partial charge in [-0.2, -0.15) is 0 Å². The van der Waals surface area contributed by atoms with Gasteiger partial charge in [-0.15, -0.1) is 0 Å². The van der Waals surface area contributed by atoms with Crippen molar-refractivity contribution in [2.24, 2.45) is 0 Å². The summed E-state index contributed by atoms with van der Waals surface area (Å²) in [6.45, 7) is 3.19. The Labute approximate surface area is 149 Å². The SMILES string of the molecule is CC(NC(=O)OCc1ccccc1)c1cc2c(cc1Br)OCCO2. The highest BCUT2D eigenvalue weighted by Crippen LogP contribution is 2.37. The normalized spacial score (nSPS) is 13.9. The summed E-state index contributed by atoms with van der Waals surface area (Å²) in [5.41, 5.74) is 1.84. The van der Waals surface area contributed by atoms with Crippen LogP contribution < -0.4 is 14.8 Å². The number of ether oxygens (including phenoxy) is 3. The predicted octanol–water partition coefficient (Wildman–Crippen LogP) is 4.21. The molecule has 1 heterocycles. The molecule has 1 N–H and O–H groups in total. The van der Waals surface area contributed by atoms with E-state index in [4.69, 9.17) is 14.2 Å². The standard InChI is InChI=1S/C18H18BrNO4/c1-12(20-18(21)24-11-13-5-3-2-4-6-13)14-9-16-17(10-15(14)19)23-8-7-22-16/h2-6,9-10,12H,7-8,11H2,1H3,(H,20,21). The van der Waals surface area contributed by atoms with Gasteiger partial charge in [0, 0.05) is 4.47 Å². The third kappa shape index (κ3) is 4.00. The highest BCUT2D eigenvalue weighted by Gasteiger charge is 2.19. The van der Waals surface area contributed by atoms with Crippen LogP contribution in [-0.4, -0.2) is 19.3 Å². The molecule has 5 nitrogen and oxygen atoms in total. The van der Waals surface area contributed by atoms with E-state index in [1.807, 2.05) is 49.4 Å². The summed E-state index contributed by atoms with van der Waals surface area (Å²) >= 11 is 3.51. The fourth-order valence-corrected chi connectivity index (χ4v) is 3.10. The van der Waals surface area contributed by atoms with E-state index in [1.54, 1.807) is 0 Å². The lowest BCUT2D eigenvalue weighted by atomic mass is 10.1. The number of nitrogens with one attached hydrogen (secondary N) is 1. The molecule has 0 aromatic heterocycles. The Balaban J connectivity index is 1.62. The minimum absolute atomic E-state index is 0.238. The summed E-state index contributed by atoms with van der Waals surface area (Å²) in [7, 11) is 0. The van der Waals surface area contributed by atoms with Crippen molar-refractivity contribution >= 4 is 22.0 Å². The first-order valence-electron chi connectivity index (χ1n) is 7.70. The summed E-state index contributed by atoms with van der Waals surface area (Å²) in [6, 6.07) is 13.1. The van der Waals surface area contributed by atoms with E-state index < -0.39 is 6.09 Å². The Morgan fingerprint density at radius 3 is 2.58 bits per heavy atom. The molecule has 0 bridgehead atoms. The van der Waals surface area contributed by atoms with Crippen molar-refractivity contribution in [3.05, 3.63) is 58.1 Å². The molecule has 0 fully saturated rings. The van der Waals surface area contributed by atoms with Gasteiger partial charge in [0.2, 0.25) is 0 Å². The van der Waals surface area contributed by atoms with Crippen LogP contribution in [0.3, 0.4) is 0 Å². The number of alkyl carbamates (subject to hydrolysis) is 1. The molecule has 0 saturated heterocycles. The number of hydrogen-bond acceptors (Lipinski definition) is 4. The van der Waals surface area contributed by atoms with Crippen LogP contribution in [0.1, 0.15) is 24.1 Å². The van der Waals surface area contributed by atoms with Gasteiger partial charge >= 0.3 is 6.09 Å². The van der Waals surface area contributed by atoms with Crippen molar-refractivity contribution < 1.29 is 19.0 Å². The Bertz CT molecular complexity index is 720. The van der Waals surface area contributed by atoms with Crippen molar-refractivity contribution in [1.82, 2.24) is 5.32 Å². The molecule has 1 unspecified atom stereocenters. The number of fused-ring (bicyclic) bond motifs is 1. The van der Waals surface area contributed by atoms with Crippen LogP contribution in [0.4, 0.5) is 4.79 Å². The van der Waals surface area contributed by atoms with Crippen molar-refractivity contribution in [1.29, 1.82) is 0 Å². The van der Waals surface area contributed by atoms with Gasteiger partial charge < -0.3 is 19.5 Å². The number of rotatable bonds is 4. The van der Waals surface area contributed by atoms with Gasteiger partial charge in [-0.3, -0.25) is 0 Å². The molecule has 0 aliphatic carbocycles. The zero-order chi connectivity index (χ0) is 16.9. The number of benzene rings is 2. The third-order valence-corrected chi connectivity index (χ3v) is 4.36. The lowest BCUT2D eigenvalue weighted by Crippen LogP contribution is -2.27. The number of carbonyl (C=O) groups is 1. The van der Waals surface area contributed by atoms with Crippen LogP contribution >= 0.6 is 15.9 Å². The highest BCUT2D eigenvalue weighted by atomic mass is 79.9. The van der Waals surface area contributed by atoms with Crippen LogP contribution in [0.15, 0.2) is 46.9 Å². The van der Waals surface area contributed by atoms with E-state index in [0.29, 0.717) is 24.7 Å². The molecule has 24 heavy (non-hydrogen) atoms. The van der Waals surface area contributed by atoms with Crippen LogP contribution in [0.2, 0.25) is 0 Å². The van der Waals surface area contributed by atoms with Gasteiger partial charge in [0.15, 0.2) is 11.5 Å². The third-order valence-electron chi connectivity index (χ3n) is 3.68. The van der Waals surface area contributed by atoms with Crippen molar-refractivity contribution in [3.8, 4) is 11.5 Å². The molecular weight excluding hydrogens is 374 g/mol. The first-order chi connectivity index (χ1) is 11.6. The summed E-state index contributed by atoms with van der Waals surface area (Å²) in [5, 5.41) is 2.83. The van der Waals surface area contributed by atoms with Crippen molar-refractivity contribution in [3.63, 3.8) is 0 Å². The van der Waals surface area contributed by atoms with Crippen molar-refractivity contribution in [2.75, 3.05) is 13.2 Å². The molecule has 0 radical (unpaired) electrons. The topological polar surface area (TPSA) is 56.8 Å². The second-order valence-electron chi connectivity index (χ2n) is 5.45. The summed E-state index contributed by atoms with van der Waals surface area (Å²) in [6.07, 6.45) is -0.465. The quantitative estimate of drug-likeness (QED) is 0.847. The summed E-state index contributed by atoms with van der Waals surface area (Å²) < 4.78 is 17.2. The number of hydrogen-bond donors (Lipinski definition) is 1. The second-order valence-corrected chi connectivity index (χ2v) is 6.30. The van der Waals surface area contributed by atoms with E-state index >= 15 is 0 Å². The van der Waals surface area contributed by atoms with Crippen LogP contribution in [-0.2, 0) is 11.3 Å². The highest BCUT2D eigenvalue weighted by molar-refractivity contribution is 9.10. The van der Waals surface area contributed by atoms with Crippen molar-refractivity contribution in [2.45, 2.75) is 19.6 Å². The molecule has 1 aliphatic heterocycles. The molecule has 6 heteroatoms. The first-order valence-corrected chi connectivity index (χ1v) is 8.49. The predicted molar refractivity (Wildman–Crippen MR) is 93.3 cm³/mol. The molecule has 126 valence electrons. The summed E-state index contributed by atoms with van der Waals surface area (Å²) in [4.78, 5) is 12.0. The Hall–Kier alpha value is -2.21. The number of amides is 1. The lowest BCUT2D eigenvalue weighted by Gasteiger charge is -2.22. The second kappa shape index (κ2) is 7.57. The molecule has 1 aliphatic rings. The van der Waals surface area contributed by atoms with Gasteiger partial charge in [0.25, 0.3) is 0 Å². The maximum absolute atomic E-state index is 12.0. The smallest absolute Gasteiger partial charge is 0.407 e. The minimum Gasteiger partial charge on any atom is -0.486 e. The summed E-state index contributed by atoms with van der Waals surface area (Å²) in [5.74, 6) is 1.39. The molecule has 1 atom stereocenters. The molecule has 1 amide bonds. The van der Waals surface area contributed by atoms with E-state index in [9.17, 15) is 4.79 Å². The molecule has 2 aromatic rings. The monoisotopic (exact) mass is 391 g/mol. The Morgan fingerprint density at radius 1 is 1.21 bits per heavy atom. The number of carbonyl (C=O) groups excluding carboxylic acids is 1. The lowest BCUT2D eigenvalue weighted by molar-refractivity contribution is 0.136. The zero-order valence-corrected chi connectivity index (χ0v) is 14.8. The van der Waals surface area contributed by atoms with Crippen LogP contribution in [0, 0.1) is 0 Å². The van der Waals surface area contributed by atoms with E-state index in [2.05, 4.69) is 21.2 Å². The minimum atomic E-state index is -0.465. The average Bonchev–Trinajstić information content (AvgIpc) is 2.60. The maximum atomic E-state index is 12.0. The average molecular weight is 392 g/mol. The first kappa shape index (κ1) is 16.6. The van der Waals surface area contributed by atoms with Gasteiger partial charge in [-0.05, 0) is 30.2 Å². The Morgan fingerprint density at radius 2 is 1.88 bits per heavy atom. The van der Waals surface area contributed by atoms with Crippen LogP contribution in [0.25, 0.3) is 0 Å². The number of halogens is 1. The molecule has 0 saturated carbocycles. The largest absolute Gasteiger partial charge is 0.486 e. The zero-order valence-electron chi connectivity index (χ0n) is 13.3.